The van der Waals surface area contributed by atoms with Crippen LogP contribution in [0.3, 0.4) is 0 Å². The molecule has 2 heterocycles. The van der Waals surface area contributed by atoms with Crippen LogP contribution >= 0.6 is 34.7 Å². The molecule has 4 saturated carbocycles. The zero-order chi connectivity index (χ0) is 26.9. The molecule has 0 radical (unpaired) electrons. The highest BCUT2D eigenvalue weighted by Crippen LogP contribution is 2.59. The molecule has 2 aromatic heterocycles. The Balaban J connectivity index is 1.16. The average molecular weight is 582 g/mol. The summed E-state index contributed by atoms with van der Waals surface area (Å²) in [6, 6.07) is 5.70. The number of fused-ring (bicyclic) bond motifs is 3. The van der Waals surface area contributed by atoms with E-state index in [4.69, 9.17) is 16.6 Å². The van der Waals surface area contributed by atoms with Gasteiger partial charge in [0, 0.05) is 16.4 Å². The molecular weight excluding hydrogens is 546 g/mol. The van der Waals surface area contributed by atoms with E-state index in [0.29, 0.717) is 27.2 Å². The quantitative estimate of drug-likeness (QED) is 0.252. The van der Waals surface area contributed by atoms with Crippen LogP contribution in [0.25, 0.3) is 15.9 Å². The highest BCUT2D eigenvalue weighted by Gasteiger charge is 2.50. The fraction of sp³-hybridized carbons (Fsp3) is 0.581. The smallest absolute Gasteiger partial charge is 0.267 e. The summed E-state index contributed by atoms with van der Waals surface area (Å²) in [5.41, 5.74) is 3.08. The summed E-state index contributed by atoms with van der Waals surface area (Å²) in [6.07, 6.45) is 11.1. The molecule has 8 heteroatoms. The number of nitrogens with zero attached hydrogens (tertiary/aromatic N) is 2. The van der Waals surface area contributed by atoms with Crippen LogP contribution in [-0.2, 0) is 17.6 Å². The van der Waals surface area contributed by atoms with Crippen molar-refractivity contribution in [1.29, 1.82) is 0 Å². The topological polar surface area (TPSA) is 64.0 Å². The van der Waals surface area contributed by atoms with Crippen molar-refractivity contribution in [3.8, 4) is 5.69 Å². The van der Waals surface area contributed by atoms with Gasteiger partial charge in [0.25, 0.3) is 5.56 Å². The van der Waals surface area contributed by atoms with E-state index in [9.17, 15) is 9.59 Å². The van der Waals surface area contributed by atoms with E-state index in [0.717, 1.165) is 59.3 Å². The van der Waals surface area contributed by atoms with E-state index in [1.54, 1.807) is 15.9 Å². The van der Waals surface area contributed by atoms with Gasteiger partial charge in [-0.05, 0) is 117 Å². The maximum absolute atomic E-state index is 14.1. The van der Waals surface area contributed by atoms with Crippen molar-refractivity contribution in [2.45, 2.75) is 76.8 Å². The van der Waals surface area contributed by atoms with Gasteiger partial charge in [0.1, 0.15) is 4.83 Å². The number of halogens is 1. The van der Waals surface area contributed by atoms with Gasteiger partial charge in [0.15, 0.2) is 5.16 Å². The summed E-state index contributed by atoms with van der Waals surface area (Å²) in [6.45, 7) is 5.02. The molecule has 5 aliphatic carbocycles. The van der Waals surface area contributed by atoms with Crippen molar-refractivity contribution in [3.05, 3.63) is 49.6 Å². The highest BCUT2D eigenvalue weighted by molar-refractivity contribution is 7.99. The molecule has 1 amide bonds. The van der Waals surface area contributed by atoms with Gasteiger partial charge in [-0.25, -0.2) is 4.98 Å². The first-order valence-electron chi connectivity index (χ1n) is 14.5. The molecule has 5 nitrogen and oxygen atoms in total. The molecule has 1 aromatic carbocycles. The molecule has 0 unspecified atom stereocenters. The second-order valence-corrected chi connectivity index (χ2v) is 15.4. The lowest BCUT2D eigenvalue weighted by Gasteiger charge is -2.56. The maximum atomic E-state index is 14.1. The fourth-order valence-corrected chi connectivity index (χ4v) is 10.8. The molecule has 0 spiro atoms. The molecular formula is C31H36ClN3O2S2. The van der Waals surface area contributed by atoms with Crippen LogP contribution in [0.4, 0.5) is 0 Å². The second kappa shape index (κ2) is 9.92. The molecule has 39 heavy (non-hydrogen) atoms. The molecule has 3 aromatic rings. The van der Waals surface area contributed by atoms with Gasteiger partial charge in [0.05, 0.1) is 16.8 Å². The number of thioether (sulfide) groups is 1. The Kier molecular flexibility index (Phi) is 6.63. The molecule has 4 fully saturated rings. The number of aryl methyl sites for hydroxylation is 2. The monoisotopic (exact) mass is 581 g/mol. The Morgan fingerprint density at radius 2 is 1.92 bits per heavy atom. The lowest BCUT2D eigenvalue weighted by molar-refractivity contribution is -0.120. The molecule has 0 aliphatic heterocycles. The summed E-state index contributed by atoms with van der Waals surface area (Å²) >= 11 is 9.50. The molecule has 5 aliphatic rings. The van der Waals surface area contributed by atoms with Gasteiger partial charge in [0.2, 0.25) is 5.91 Å². The van der Waals surface area contributed by atoms with Crippen LogP contribution < -0.4 is 10.9 Å². The number of aromatic nitrogens is 2. The SMILES string of the molecule is Cc1ccc(-n2c(SCC(=O)NCC34CC5CC(CC(C5)C3)C4)nc3sc4c(c3c2=O)CC[C@@H](C)C4)cc1Cl. The van der Waals surface area contributed by atoms with Crippen molar-refractivity contribution >= 4 is 50.8 Å². The van der Waals surface area contributed by atoms with Gasteiger partial charge in [-0.15, -0.1) is 11.3 Å². The number of hydrogen-bond acceptors (Lipinski definition) is 5. The van der Waals surface area contributed by atoms with Crippen molar-refractivity contribution in [2.75, 3.05) is 12.3 Å². The van der Waals surface area contributed by atoms with Gasteiger partial charge >= 0.3 is 0 Å². The minimum Gasteiger partial charge on any atom is -0.355 e. The summed E-state index contributed by atoms with van der Waals surface area (Å²) in [4.78, 5) is 34.3. The lowest BCUT2D eigenvalue weighted by Crippen LogP contribution is -2.51. The van der Waals surface area contributed by atoms with Crippen LogP contribution in [0, 0.1) is 36.0 Å². The number of thiophene rings is 1. The summed E-state index contributed by atoms with van der Waals surface area (Å²) < 4.78 is 1.68. The maximum Gasteiger partial charge on any atom is 0.267 e. The number of carbonyl (C=O) groups excluding carboxylic acids is 1. The third kappa shape index (κ3) is 4.76. The van der Waals surface area contributed by atoms with Crippen molar-refractivity contribution < 1.29 is 4.79 Å². The first kappa shape index (κ1) is 26.1. The van der Waals surface area contributed by atoms with Crippen LogP contribution in [0.5, 0.6) is 0 Å². The van der Waals surface area contributed by atoms with Crippen molar-refractivity contribution in [2.24, 2.45) is 29.1 Å². The van der Waals surface area contributed by atoms with Crippen LogP contribution in [0.2, 0.25) is 5.02 Å². The Labute approximate surface area is 243 Å². The van der Waals surface area contributed by atoms with Crippen molar-refractivity contribution in [3.63, 3.8) is 0 Å². The Morgan fingerprint density at radius 3 is 2.62 bits per heavy atom. The number of hydrogen-bond donors (Lipinski definition) is 1. The highest BCUT2D eigenvalue weighted by atomic mass is 35.5. The molecule has 1 N–H and O–H groups in total. The van der Waals surface area contributed by atoms with Gasteiger partial charge in [-0.1, -0.05) is 36.4 Å². The number of amides is 1. The minimum absolute atomic E-state index is 0.0258. The Morgan fingerprint density at radius 1 is 1.21 bits per heavy atom. The Bertz CT molecular complexity index is 1490. The predicted octanol–water partition coefficient (Wildman–Crippen LogP) is 6.96. The Hall–Kier alpha value is -1.83. The fourth-order valence-electron chi connectivity index (χ4n) is 8.39. The van der Waals surface area contributed by atoms with E-state index in [1.165, 1.54) is 60.7 Å². The normalized spacial score (nSPS) is 29.1. The van der Waals surface area contributed by atoms with Gasteiger partial charge < -0.3 is 5.32 Å². The third-order valence-corrected chi connectivity index (χ3v) is 12.4. The predicted molar refractivity (Wildman–Crippen MR) is 160 cm³/mol. The van der Waals surface area contributed by atoms with E-state index in [-0.39, 0.29) is 17.2 Å². The van der Waals surface area contributed by atoms with E-state index in [2.05, 4.69) is 12.2 Å². The van der Waals surface area contributed by atoms with E-state index in [1.807, 2.05) is 25.1 Å². The van der Waals surface area contributed by atoms with E-state index < -0.39 is 0 Å². The van der Waals surface area contributed by atoms with Crippen LogP contribution in [0.15, 0.2) is 28.2 Å². The number of carbonyl (C=O) groups is 1. The average Bonchev–Trinajstić information content (AvgIpc) is 3.25. The van der Waals surface area contributed by atoms with Gasteiger partial charge in [-0.3, -0.25) is 14.2 Å². The summed E-state index contributed by atoms with van der Waals surface area (Å²) in [7, 11) is 0. The van der Waals surface area contributed by atoms with Crippen molar-refractivity contribution in [1.82, 2.24) is 14.9 Å². The number of nitrogens with one attached hydrogen (secondary N) is 1. The summed E-state index contributed by atoms with van der Waals surface area (Å²) in [5, 5.41) is 5.21. The number of rotatable bonds is 6. The first-order chi connectivity index (χ1) is 18.8. The zero-order valence-electron chi connectivity index (χ0n) is 22.7. The van der Waals surface area contributed by atoms with Crippen LogP contribution in [0.1, 0.15) is 67.9 Å². The largest absolute Gasteiger partial charge is 0.355 e. The molecule has 1 atom stereocenters. The minimum atomic E-state index is -0.0524. The molecule has 0 saturated heterocycles. The first-order valence-corrected chi connectivity index (χ1v) is 16.7. The van der Waals surface area contributed by atoms with Gasteiger partial charge in [-0.2, -0.15) is 0 Å². The van der Waals surface area contributed by atoms with Crippen LogP contribution in [-0.4, -0.2) is 27.8 Å². The standard InChI is InChI=1S/C31H36ClN3O2S2/c1-17-3-6-23-25(7-17)39-28-27(23)29(37)35(22-5-4-18(2)24(32)11-22)30(34-28)38-15-26(36)33-16-31-12-19-8-20(13-31)10-21(9-19)14-31/h4-5,11,17,19-21H,3,6-10,12-16H2,1-2H3,(H,33,36)/t17-,19?,20?,21?,31?/m1/s1. The molecule has 206 valence electrons. The second-order valence-electron chi connectivity index (χ2n) is 13.0. The summed E-state index contributed by atoms with van der Waals surface area (Å²) in [5.74, 6) is 3.50. The third-order valence-electron chi connectivity index (χ3n) is 9.87. The van der Waals surface area contributed by atoms with E-state index >= 15 is 0 Å². The lowest BCUT2D eigenvalue weighted by atomic mass is 9.49. The molecule has 8 rings (SSSR count). The number of benzene rings is 1. The molecule has 4 bridgehead atoms. The zero-order valence-corrected chi connectivity index (χ0v) is 25.1.